The molecule has 0 radical (unpaired) electrons. The van der Waals surface area contributed by atoms with Gasteiger partial charge in [0.2, 0.25) is 11.7 Å². The van der Waals surface area contributed by atoms with E-state index in [0.29, 0.717) is 36.9 Å². The molecule has 0 bridgehead atoms. The summed E-state index contributed by atoms with van der Waals surface area (Å²) in [7, 11) is -2.83. The van der Waals surface area contributed by atoms with Crippen LogP contribution in [0.15, 0.2) is 22.9 Å². The van der Waals surface area contributed by atoms with E-state index in [-0.39, 0.29) is 11.5 Å². The largest absolute Gasteiger partial charge is 0.339 e. The molecule has 0 aliphatic carbocycles. The molecular weight excluding hydrogens is 290 g/mol. The molecule has 21 heavy (non-hydrogen) atoms. The van der Waals surface area contributed by atoms with E-state index < -0.39 is 9.84 Å². The van der Waals surface area contributed by atoms with Crippen molar-refractivity contribution >= 4 is 9.84 Å². The molecule has 0 N–H and O–H groups in total. The zero-order valence-electron chi connectivity index (χ0n) is 11.8. The van der Waals surface area contributed by atoms with Crippen LogP contribution in [0.25, 0.3) is 11.4 Å². The summed E-state index contributed by atoms with van der Waals surface area (Å²) in [6.07, 6.45) is 3.71. The molecule has 2 aromatic rings. The van der Waals surface area contributed by atoms with E-state index in [9.17, 15) is 8.42 Å². The Hall–Kier alpha value is -1.76. The van der Waals surface area contributed by atoms with Crippen LogP contribution in [0.4, 0.5) is 0 Å². The number of pyridine rings is 1. The van der Waals surface area contributed by atoms with Crippen molar-refractivity contribution in [3.05, 3.63) is 29.9 Å². The van der Waals surface area contributed by atoms with Crippen molar-refractivity contribution in [2.24, 2.45) is 5.92 Å². The lowest BCUT2D eigenvalue weighted by atomic mass is 9.99. The predicted octanol–water partition coefficient (Wildman–Crippen LogP) is 1.81. The van der Waals surface area contributed by atoms with Gasteiger partial charge in [0.1, 0.15) is 9.84 Å². The van der Waals surface area contributed by atoms with Gasteiger partial charge in [-0.25, -0.2) is 8.42 Å². The Balaban J connectivity index is 1.70. The molecule has 1 fully saturated rings. The van der Waals surface area contributed by atoms with Crippen LogP contribution >= 0.6 is 0 Å². The van der Waals surface area contributed by atoms with Gasteiger partial charge in [-0.2, -0.15) is 4.98 Å². The molecule has 1 aliphatic heterocycles. The summed E-state index contributed by atoms with van der Waals surface area (Å²) >= 11 is 0. The van der Waals surface area contributed by atoms with E-state index in [0.717, 1.165) is 11.3 Å². The SMILES string of the molecule is Cc1ncccc1-c1noc(CC2CCS(=O)(=O)CC2)n1. The Kier molecular flexibility index (Phi) is 3.75. The molecule has 7 heteroatoms. The lowest BCUT2D eigenvalue weighted by molar-refractivity contribution is 0.342. The highest BCUT2D eigenvalue weighted by atomic mass is 32.2. The number of nitrogens with zero attached hydrogens (tertiary/aromatic N) is 3. The van der Waals surface area contributed by atoms with Crippen LogP contribution in [-0.4, -0.2) is 35.0 Å². The zero-order valence-corrected chi connectivity index (χ0v) is 12.6. The maximum absolute atomic E-state index is 11.4. The first-order valence-electron chi connectivity index (χ1n) is 6.98. The van der Waals surface area contributed by atoms with E-state index in [2.05, 4.69) is 15.1 Å². The van der Waals surface area contributed by atoms with Gasteiger partial charge in [0, 0.05) is 23.9 Å². The van der Waals surface area contributed by atoms with Crippen molar-refractivity contribution in [2.45, 2.75) is 26.2 Å². The fourth-order valence-electron chi connectivity index (χ4n) is 2.56. The minimum Gasteiger partial charge on any atom is -0.339 e. The van der Waals surface area contributed by atoms with Crippen LogP contribution in [-0.2, 0) is 16.3 Å². The van der Waals surface area contributed by atoms with E-state index in [1.54, 1.807) is 6.20 Å². The maximum Gasteiger partial charge on any atom is 0.227 e. The molecule has 0 unspecified atom stereocenters. The Morgan fingerprint density at radius 3 is 2.81 bits per heavy atom. The number of hydrogen-bond acceptors (Lipinski definition) is 6. The van der Waals surface area contributed by atoms with Gasteiger partial charge in [-0.15, -0.1) is 0 Å². The summed E-state index contributed by atoms with van der Waals surface area (Å²) in [5.41, 5.74) is 1.72. The molecule has 3 rings (SSSR count). The molecule has 1 saturated heterocycles. The highest BCUT2D eigenvalue weighted by molar-refractivity contribution is 7.91. The minimum absolute atomic E-state index is 0.264. The number of aromatic nitrogens is 3. The van der Waals surface area contributed by atoms with E-state index in [4.69, 9.17) is 4.52 Å². The summed E-state index contributed by atoms with van der Waals surface area (Å²) in [4.78, 5) is 8.61. The molecule has 0 saturated carbocycles. The van der Waals surface area contributed by atoms with Crippen LogP contribution in [0.2, 0.25) is 0 Å². The quantitative estimate of drug-likeness (QED) is 0.859. The van der Waals surface area contributed by atoms with E-state index in [1.165, 1.54) is 0 Å². The Labute approximate surface area is 123 Å². The monoisotopic (exact) mass is 307 g/mol. The average Bonchev–Trinajstić information content (AvgIpc) is 2.90. The summed E-state index contributed by atoms with van der Waals surface area (Å²) in [6, 6.07) is 3.74. The molecule has 6 nitrogen and oxygen atoms in total. The molecule has 0 amide bonds. The average molecular weight is 307 g/mol. The second-order valence-electron chi connectivity index (χ2n) is 5.45. The van der Waals surface area contributed by atoms with Crippen LogP contribution in [0.5, 0.6) is 0 Å². The number of rotatable bonds is 3. The molecule has 112 valence electrons. The predicted molar refractivity (Wildman–Crippen MR) is 77.3 cm³/mol. The highest BCUT2D eigenvalue weighted by Gasteiger charge is 2.25. The van der Waals surface area contributed by atoms with Gasteiger partial charge in [0.15, 0.2) is 0 Å². The molecular formula is C14H17N3O3S. The van der Waals surface area contributed by atoms with Crippen molar-refractivity contribution in [3.8, 4) is 11.4 Å². The van der Waals surface area contributed by atoms with Crippen LogP contribution in [0.1, 0.15) is 24.4 Å². The summed E-state index contributed by atoms with van der Waals surface area (Å²) in [6.45, 7) is 1.90. The lowest BCUT2D eigenvalue weighted by Gasteiger charge is -2.19. The fourth-order valence-corrected chi connectivity index (χ4v) is 4.15. The number of sulfone groups is 1. The Morgan fingerprint density at radius 2 is 2.10 bits per heavy atom. The van der Waals surface area contributed by atoms with Gasteiger partial charge in [-0.05, 0) is 37.8 Å². The maximum atomic E-state index is 11.4. The van der Waals surface area contributed by atoms with Gasteiger partial charge >= 0.3 is 0 Å². The third kappa shape index (κ3) is 3.29. The first-order chi connectivity index (χ1) is 10.0. The van der Waals surface area contributed by atoms with Crippen LogP contribution < -0.4 is 0 Å². The van der Waals surface area contributed by atoms with Gasteiger partial charge in [-0.3, -0.25) is 4.98 Å². The molecule has 1 aliphatic rings. The molecule has 0 spiro atoms. The normalized spacial score (nSPS) is 18.7. The van der Waals surface area contributed by atoms with Gasteiger partial charge < -0.3 is 4.52 Å². The van der Waals surface area contributed by atoms with Gasteiger partial charge in [0.25, 0.3) is 0 Å². The summed E-state index contributed by atoms with van der Waals surface area (Å²) < 4.78 is 28.1. The highest BCUT2D eigenvalue weighted by Crippen LogP contribution is 2.24. The number of hydrogen-bond donors (Lipinski definition) is 0. The van der Waals surface area contributed by atoms with Crippen LogP contribution in [0.3, 0.4) is 0 Å². The molecule has 3 heterocycles. The van der Waals surface area contributed by atoms with Crippen molar-refractivity contribution in [2.75, 3.05) is 11.5 Å². The Morgan fingerprint density at radius 1 is 1.33 bits per heavy atom. The summed E-state index contributed by atoms with van der Waals surface area (Å²) in [5, 5.41) is 4.00. The molecule has 0 aromatic carbocycles. The number of aryl methyl sites for hydroxylation is 1. The van der Waals surface area contributed by atoms with E-state index in [1.807, 2.05) is 19.1 Å². The molecule has 2 aromatic heterocycles. The second kappa shape index (κ2) is 5.55. The fraction of sp³-hybridized carbons (Fsp3) is 0.500. The van der Waals surface area contributed by atoms with Crippen molar-refractivity contribution in [1.82, 2.24) is 15.1 Å². The van der Waals surface area contributed by atoms with Crippen molar-refractivity contribution < 1.29 is 12.9 Å². The van der Waals surface area contributed by atoms with Crippen molar-refractivity contribution in [1.29, 1.82) is 0 Å². The minimum atomic E-state index is -2.83. The third-order valence-corrected chi connectivity index (χ3v) is 5.57. The van der Waals surface area contributed by atoms with Crippen molar-refractivity contribution in [3.63, 3.8) is 0 Å². The van der Waals surface area contributed by atoms with E-state index >= 15 is 0 Å². The third-order valence-electron chi connectivity index (χ3n) is 3.85. The zero-order chi connectivity index (χ0) is 14.9. The Bertz CT molecular complexity index is 725. The second-order valence-corrected chi connectivity index (χ2v) is 7.75. The van der Waals surface area contributed by atoms with Gasteiger partial charge in [-0.1, -0.05) is 5.16 Å². The first-order valence-corrected chi connectivity index (χ1v) is 8.81. The van der Waals surface area contributed by atoms with Crippen LogP contribution in [0, 0.1) is 12.8 Å². The standard InChI is InChI=1S/C14H17N3O3S/c1-10-12(3-2-6-15-10)14-16-13(20-17-14)9-11-4-7-21(18,19)8-5-11/h2-3,6,11H,4-5,7-9H2,1H3. The summed E-state index contributed by atoms with van der Waals surface area (Å²) in [5.74, 6) is 1.94. The first kappa shape index (κ1) is 14.2. The topological polar surface area (TPSA) is 86.0 Å². The molecule has 0 atom stereocenters. The van der Waals surface area contributed by atoms with Gasteiger partial charge in [0.05, 0.1) is 11.5 Å². The lowest BCUT2D eigenvalue weighted by Crippen LogP contribution is -2.24. The smallest absolute Gasteiger partial charge is 0.227 e.